The summed E-state index contributed by atoms with van der Waals surface area (Å²) in [6.45, 7) is 26.2. The van der Waals surface area contributed by atoms with Gasteiger partial charge in [-0.15, -0.1) is 0 Å². The summed E-state index contributed by atoms with van der Waals surface area (Å²) >= 11 is -4.24. The minimum absolute atomic E-state index is 0.323. The Morgan fingerprint density at radius 1 is 0.727 bits per heavy atom. The molecular weight excluding hydrogens is 746 g/mol. The number of rotatable bonds is 7. The molecule has 2 aromatic rings. The molecule has 0 aromatic heterocycles. The van der Waals surface area contributed by atoms with Gasteiger partial charge >= 0.3 is 285 Å². The Kier molecular flexibility index (Phi) is 10.9. The number of hydrogen-bond donors (Lipinski definition) is 0. The summed E-state index contributed by atoms with van der Waals surface area (Å²) in [6.07, 6.45) is 11.9. The Hall–Kier alpha value is -1.59. The van der Waals surface area contributed by atoms with Gasteiger partial charge in [-0.3, -0.25) is 0 Å². The molecule has 3 nitrogen and oxygen atoms in total. The van der Waals surface area contributed by atoms with Crippen molar-refractivity contribution in [3.8, 4) is 11.5 Å². The molecule has 5 heteroatoms. The first-order valence-corrected chi connectivity index (χ1v) is 26.7. The monoisotopic (exact) mass is 798 g/mol. The van der Waals surface area contributed by atoms with Crippen LogP contribution >= 0.6 is 0 Å². The summed E-state index contributed by atoms with van der Waals surface area (Å²) in [5.41, 5.74) is 3.96. The van der Waals surface area contributed by atoms with Gasteiger partial charge in [0.25, 0.3) is 0 Å². The number of benzene rings is 2. The standard InChI is InChI=1S/C21H20O3.2C9H16.2In/c1-4-7-16-9-12-19(13-10-16)23-21(22)24-20-14-11-17(8-5-2)15-18(20)6-3;2*1-6-7-9(4,5)8(2)3;;/h7-15H,6H2,1-3H3;2*1,6H,7H2,2-5H3;;. The van der Waals surface area contributed by atoms with Gasteiger partial charge in [-0.1, -0.05) is 0 Å². The molecule has 0 spiro atoms. The molecule has 0 unspecified atom stereocenters. The van der Waals surface area contributed by atoms with Crippen LogP contribution in [-0.4, -0.2) is 49.0 Å². The molecule has 2 aliphatic rings. The Morgan fingerprint density at radius 2 is 1.20 bits per heavy atom. The Balaban J connectivity index is 1.42. The number of carbonyl (C=O) groups excluding carboxylic acids is 1. The third-order valence-corrected chi connectivity index (χ3v) is 35.1. The molecule has 2 heterocycles. The molecule has 0 saturated heterocycles. The quantitative estimate of drug-likeness (QED) is 0.207. The number of ether oxygens (including phenoxy) is 2. The van der Waals surface area contributed by atoms with E-state index in [0.29, 0.717) is 28.7 Å². The molecule has 0 atom stereocenters. The first kappa shape index (κ1) is 35.3. The van der Waals surface area contributed by atoms with E-state index >= 15 is 0 Å². The summed E-state index contributed by atoms with van der Waals surface area (Å²) in [5.74, 6) is 1.04. The fourth-order valence-electron chi connectivity index (χ4n) is 6.90. The second-order valence-electron chi connectivity index (χ2n) is 15.5. The zero-order valence-corrected chi connectivity index (χ0v) is 35.6. The molecule has 0 aliphatic carbocycles. The number of hydrogen-bond acceptors (Lipinski definition) is 3. The van der Waals surface area contributed by atoms with Crippen LogP contribution in [0.3, 0.4) is 0 Å². The summed E-state index contributed by atoms with van der Waals surface area (Å²) < 4.78 is 20.3. The molecule has 44 heavy (non-hydrogen) atoms. The fraction of sp³-hybridized carbons (Fsp3) is 0.462. The van der Waals surface area contributed by atoms with E-state index in [1.807, 2.05) is 30.3 Å². The van der Waals surface area contributed by atoms with Crippen LogP contribution in [0.25, 0.3) is 12.2 Å². The first-order chi connectivity index (χ1) is 20.5. The predicted octanol–water partition coefficient (Wildman–Crippen LogP) is 11.3. The van der Waals surface area contributed by atoms with Crippen molar-refractivity contribution in [2.45, 2.75) is 102 Å². The van der Waals surface area contributed by atoms with E-state index in [1.165, 1.54) is 5.56 Å². The van der Waals surface area contributed by atoms with Gasteiger partial charge in [0, 0.05) is 0 Å². The van der Waals surface area contributed by atoms with Crippen LogP contribution in [0.1, 0.15) is 106 Å². The molecule has 0 radical (unpaired) electrons. The van der Waals surface area contributed by atoms with E-state index in [-0.39, 0.29) is 0 Å². The van der Waals surface area contributed by atoms with E-state index < -0.39 is 49.0 Å². The van der Waals surface area contributed by atoms with Gasteiger partial charge in [0.05, 0.1) is 0 Å². The van der Waals surface area contributed by atoms with Gasteiger partial charge in [0.2, 0.25) is 0 Å². The number of aryl methyl sites for hydroxylation is 1. The Bertz CT molecular complexity index is 1490. The zero-order chi connectivity index (χ0) is 32.5. The van der Waals surface area contributed by atoms with Gasteiger partial charge in [-0.2, -0.15) is 0 Å². The van der Waals surface area contributed by atoms with Crippen LogP contribution in [0, 0.1) is 10.8 Å². The van der Waals surface area contributed by atoms with Crippen molar-refractivity contribution in [1.82, 2.24) is 0 Å². The first-order valence-electron chi connectivity index (χ1n) is 16.3. The molecule has 0 amide bonds. The molecule has 232 valence electrons. The predicted molar refractivity (Wildman–Crippen MR) is 191 cm³/mol. The molecule has 0 bridgehead atoms. The van der Waals surface area contributed by atoms with Gasteiger partial charge in [-0.25, -0.2) is 0 Å². The van der Waals surface area contributed by atoms with Crippen molar-refractivity contribution in [3.05, 3.63) is 85.6 Å². The molecule has 2 aromatic carbocycles. The third-order valence-electron chi connectivity index (χ3n) is 11.5. The summed E-state index contributed by atoms with van der Waals surface area (Å²) in [6, 6.07) is 13.9. The van der Waals surface area contributed by atoms with Gasteiger partial charge in [0.1, 0.15) is 0 Å². The van der Waals surface area contributed by atoms with Gasteiger partial charge in [-0.05, 0) is 0 Å². The van der Waals surface area contributed by atoms with Crippen LogP contribution in [0.4, 0.5) is 4.79 Å². The minimum atomic E-state index is -2.13. The van der Waals surface area contributed by atoms with Crippen molar-refractivity contribution in [1.29, 1.82) is 0 Å². The second kappa shape index (κ2) is 13.6. The maximum atomic E-state index is 12.8. The topological polar surface area (TPSA) is 35.5 Å². The Morgan fingerprint density at radius 3 is 1.70 bits per heavy atom. The third kappa shape index (κ3) is 7.51. The van der Waals surface area contributed by atoms with Gasteiger partial charge < -0.3 is 0 Å². The summed E-state index contributed by atoms with van der Waals surface area (Å²) in [5, 5.41) is 0. The van der Waals surface area contributed by atoms with Crippen molar-refractivity contribution in [2.75, 3.05) is 0 Å². The maximum absolute atomic E-state index is 12.8. The SMILES string of the molecule is CCc1cc(/C=[C](\C)[In]2[CH]=CCC(C)(C)[C]2(C)C)ccc1OC(=O)Oc1ccc(/C=[C](\C)[In]2[CH]=CCC(C)(C)[C]2(C)C)cc1. The van der Waals surface area contributed by atoms with E-state index in [9.17, 15) is 4.79 Å². The normalized spacial score (nSPS) is 20.4. The number of carbonyl (C=O) groups is 1. The van der Waals surface area contributed by atoms with Crippen LogP contribution in [0.5, 0.6) is 11.5 Å². The number of allylic oxidation sites excluding steroid dienone is 4. The summed E-state index contributed by atoms with van der Waals surface area (Å²) in [7, 11) is 0. The van der Waals surface area contributed by atoms with Gasteiger partial charge in [0.15, 0.2) is 0 Å². The second-order valence-corrected chi connectivity index (χ2v) is 36.5. The van der Waals surface area contributed by atoms with E-state index in [1.54, 1.807) is 6.66 Å². The van der Waals surface area contributed by atoms with Crippen LogP contribution in [0.2, 0.25) is 6.34 Å². The fourth-order valence-corrected chi connectivity index (χ4v) is 27.8. The molecule has 4 rings (SSSR count). The zero-order valence-electron chi connectivity index (χ0n) is 29.0. The van der Waals surface area contributed by atoms with Crippen molar-refractivity contribution in [2.24, 2.45) is 10.8 Å². The summed E-state index contributed by atoms with van der Waals surface area (Å²) in [4.78, 5) is 12.8. The molecular formula is C39H52In2O3. The molecule has 2 aliphatic heterocycles. The molecule has 0 saturated carbocycles. The van der Waals surface area contributed by atoms with Crippen molar-refractivity contribution in [3.63, 3.8) is 0 Å². The molecule has 0 fully saturated rings. The van der Waals surface area contributed by atoms with Crippen LogP contribution in [0.15, 0.2) is 68.9 Å². The average Bonchev–Trinajstić information content (AvgIpc) is 2.93. The van der Waals surface area contributed by atoms with E-state index in [0.717, 1.165) is 30.4 Å². The van der Waals surface area contributed by atoms with E-state index in [4.69, 9.17) is 9.47 Å². The van der Waals surface area contributed by atoms with Crippen LogP contribution < -0.4 is 9.47 Å². The molecule has 0 N–H and O–H groups in total. The van der Waals surface area contributed by atoms with Crippen LogP contribution in [-0.2, 0) is 6.42 Å². The Labute approximate surface area is 283 Å². The van der Waals surface area contributed by atoms with Crippen molar-refractivity contribution < 1.29 is 14.3 Å². The average molecular weight is 798 g/mol. The van der Waals surface area contributed by atoms with Crippen molar-refractivity contribution >= 4 is 61.2 Å². The van der Waals surface area contributed by atoms with E-state index in [2.05, 4.69) is 120 Å².